The van der Waals surface area contributed by atoms with E-state index in [4.69, 9.17) is 9.47 Å². The Labute approximate surface area is 77.3 Å². The number of halogens is 1. The SMILES string of the molecule is CCOCOc1ccc(C)c(F)c1. The lowest BCUT2D eigenvalue weighted by Gasteiger charge is -2.06. The molecule has 0 saturated carbocycles. The van der Waals surface area contributed by atoms with Gasteiger partial charge in [0.1, 0.15) is 11.6 Å². The van der Waals surface area contributed by atoms with Crippen LogP contribution in [0.25, 0.3) is 0 Å². The molecule has 0 radical (unpaired) electrons. The first-order chi connectivity index (χ1) is 6.24. The van der Waals surface area contributed by atoms with Crippen molar-refractivity contribution in [2.24, 2.45) is 0 Å². The lowest BCUT2D eigenvalue weighted by Crippen LogP contribution is -2.02. The van der Waals surface area contributed by atoms with E-state index in [1.807, 2.05) is 6.92 Å². The summed E-state index contributed by atoms with van der Waals surface area (Å²) in [6, 6.07) is 4.75. The van der Waals surface area contributed by atoms with Crippen molar-refractivity contribution in [3.63, 3.8) is 0 Å². The first kappa shape index (κ1) is 9.99. The summed E-state index contributed by atoms with van der Waals surface area (Å²) in [7, 11) is 0. The second kappa shape index (κ2) is 4.82. The zero-order valence-electron chi connectivity index (χ0n) is 7.84. The van der Waals surface area contributed by atoms with Gasteiger partial charge in [0.05, 0.1) is 0 Å². The molecule has 1 aromatic carbocycles. The summed E-state index contributed by atoms with van der Waals surface area (Å²) in [6.45, 7) is 4.34. The molecule has 72 valence electrons. The van der Waals surface area contributed by atoms with Gasteiger partial charge in [-0.1, -0.05) is 6.07 Å². The van der Waals surface area contributed by atoms with Crippen molar-refractivity contribution < 1.29 is 13.9 Å². The maximum absolute atomic E-state index is 13.0. The van der Waals surface area contributed by atoms with Gasteiger partial charge in [0.2, 0.25) is 0 Å². The number of aryl methyl sites for hydroxylation is 1. The van der Waals surface area contributed by atoms with Gasteiger partial charge in [-0.25, -0.2) is 4.39 Å². The smallest absolute Gasteiger partial charge is 0.189 e. The van der Waals surface area contributed by atoms with E-state index >= 15 is 0 Å². The Kier molecular flexibility index (Phi) is 3.71. The predicted octanol–water partition coefficient (Wildman–Crippen LogP) is 2.51. The van der Waals surface area contributed by atoms with Crippen LogP contribution in [-0.4, -0.2) is 13.4 Å². The van der Waals surface area contributed by atoms with Gasteiger partial charge in [0.15, 0.2) is 6.79 Å². The molecule has 1 aromatic rings. The van der Waals surface area contributed by atoms with Gasteiger partial charge in [-0.15, -0.1) is 0 Å². The van der Waals surface area contributed by atoms with Gasteiger partial charge in [0.25, 0.3) is 0 Å². The van der Waals surface area contributed by atoms with Crippen molar-refractivity contribution in [3.05, 3.63) is 29.6 Å². The fraction of sp³-hybridized carbons (Fsp3) is 0.400. The van der Waals surface area contributed by atoms with E-state index in [0.29, 0.717) is 17.9 Å². The maximum atomic E-state index is 13.0. The molecule has 1 rings (SSSR count). The van der Waals surface area contributed by atoms with Gasteiger partial charge in [-0.2, -0.15) is 0 Å². The van der Waals surface area contributed by atoms with Crippen LogP contribution in [0.15, 0.2) is 18.2 Å². The second-order valence-corrected chi connectivity index (χ2v) is 2.67. The molecule has 0 unspecified atom stereocenters. The summed E-state index contributed by atoms with van der Waals surface area (Å²) in [5, 5.41) is 0. The van der Waals surface area contributed by atoms with Gasteiger partial charge in [0, 0.05) is 12.7 Å². The van der Waals surface area contributed by atoms with Crippen molar-refractivity contribution in [1.82, 2.24) is 0 Å². The van der Waals surface area contributed by atoms with Crippen LogP contribution in [0.4, 0.5) is 4.39 Å². The molecule has 0 saturated heterocycles. The standard InChI is InChI=1S/C10H13FO2/c1-3-12-7-13-9-5-4-8(2)10(11)6-9/h4-6H,3,7H2,1-2H3. The number of ether oxygens (including phenoxy) is 2. The van der Waals surface area contributed by atoms with E-state index in [1.165, 1.54) is 6.07 Å². The van der Waals surface area contributed by atoms with E-state index < -0.39 is 0 Å². The number of benzene rings is 1. The molecule has 0 fully saturated rings. The third-order valence-corrected chi connectivity index (χ3v) is 1.66. The van der Waals surface area contributed by atoms with Gasteiger partial charge in [-0.3, -0.25) is 0 Å². The molecule has 3 heteroatoms. The highest BCUT2D eigenvalue weighted by Gasteiger charge is 1.99. The average molecular weight is 184 g/mol. The molecule has 0 aliphatic rings. The predicted molar refractivity (Wildman–Crippen MR) is 48.3 cm³/mol. The highest BCUT2D eigenvalue weighted by Crippen LogP contribution is 2.15. The largest absolute Gasteiger partial charge is 0.467 e. The highest BCUT2D eigenvalue weighted by atomic mass is 19.1. The third-order valence-electron chi connectivity index (χ3n) is 1.66. The lowest BCUT2D eigenvalue weighted by atomic mass is 10.2. The van der Waals surface area contributed by atoms with Crippen LogP contribution >= 0.6 is 0 Å². The Morgan fingerprint density at radius 3 is 2.77 bits per heavy atom. The Morgan fingerprint density at radius 2 is 2.15 bits per heavy atom. The molecule has 0 aliphatic carbocycles. The van der Waals surface area contributed by atoms with E-state index in [1.54, 1.807) is 19.1 Å². The number of rotatable bonds is 4. The van der Waals surface area contributed by atoms with E-state index in [2.05, 4.69) is 0 Å². The van der Waals surface area contributed by atoms with E-state index in [-0.39, 0.29) is 12.6 Å². The van der Waals surface area contributed by atoms with Crippen LogP contribution in [-0.2, 0) is 4.74 Å². The normalized spacial score (nSPS) is 10.1. The zero-order chi connectivity index (χ0) is 9.68. The number of hydrogen-bond acceptors (Lipinski definition) is 2. The fourth-order valence-corrected chi connectivity index (χ4v) is 0.856. The molecule has 0 amide bonds. The third kappa shape index (κ3) is 3.03. The summed E-state index contributed by atoms with van der Waals surface area (Å²) in [4.78, 5) is 0. The quantitative estimate of drug-likeness (QED) is 0.528. The molecule has 2 nitrogen and oxygen atoms in total. The Morgan fingerprint density at radius 1 is 1.38 bits per heavy atom. The van der Waals surface area contributed by atoms with Gasteiger partial charge >= 0.3 is 0 Å². The molecule has 0 atom stereocenters. The average Bonchev–Trinajstić information content (AvgIpc) is 2.12. The number of hydrogen-bond donors (Lipinski definition) is 0. The molecular weight excluding hydrogens is 171 g/mol. The van der Waals surface area contributed by atoms with E-state index in [0.717, 1.165) is 0 Å². The monoisotopic (exact) mass is 184 g/mol. The molecular formula is C10H13FO2. The minimum atomic E-state index is -0.256. The van der Waals surface area contributed by atoms with Gasteiger partial charge in [-0.05, 0) is 25.5 Å². The topological polar surface area (TPSA) is 18.5 Å². The summed E-state index contributed by atoms with van der Waals surface area (Å²) in [6.07, 6.45) is 0. The van der Waals surface area contributed by atoms with Crippen molar-refractivity contribution in [2.45, 2.75) is 13.8 Å². The summed E-state index contributed by atoms with van der Waals surface area (Å²) in [5.74, 6) is 0.241. The summed E-state index contributed by atoms with van der Waals surface area (Å²) in [5.41, 5.74) is 0.615. The Hall–Kier alpha value is -1.09. The lowest BCUT2D eigenvalue weighted by molar-refractivity contribution is 0.0222. The molecule has 0 bridgehead atoms. The minimum Gasteiger partial charge on any atom is -0.467 e. The molecule has 0 aromatic heterocycles. The van der Waals surface area contributed by atoms with Crippen molar-refractivity contribution in [3.8, 4) is 5.75 Å². The van der Waals surface area contributed by atoms with Crippen LogP contribution in [0, 0.1) is 12.7 Å². The molecule has 13 heavy (non-hydrogen) atoms. The first-order valence-electron chi connectivity index (χ1n) is 4.20. The highest BCUT2D eigenvalue weighted by molar-refractivity contribution is 5.27. The van der Waals surface area contributed by atoms with Crippen molar-refractivity contribution in [2.75, 3.05) is 13.4 Å². The maximum Gasteiger partial charge on any atom is 0.189 e. The van der Waals surface area contributed by atoms with Crippen molar-refractivity contribution >= 4 is 0 Å². The van der Waals surface area contributed by atoms with Crippen molar-refractivity contribution in [1.29, 1.82) is 0 Å². The minimum absolute atomic E-state index is 0.166. The van der Waals surface area contributed by atoms with Crippen LogP contribution in [0.2, 0.25) is 0 Å². The first-order valence-corrected chi connectivity index (χ1v) is 4.20. The van der Waals surface area contributed by atoms with E-state index in [9.17, 15) is 4.39 Å². The second-order valence-electron chi connectivity index (χ2n) is 2.67. The van der Waals surface area contributed by atoms with Crippen LogP contribution < -0.4 is 4.74 Å². The van der Waals surface area contributed by atoms with Crippen LogP contribution in [0.5, 0.6) is 5.75 Å². The Bertz CT molecular complexity index is 274. The fourth-order valence-electron chi connectivity index (χ4n) is 0.856. The zero-order valence-corrected chi connectivity index (χ0v) is 7.84. The van der Waals surface area contributed by atoms with Gasteiger partial charge < -0.3 is 9.47 Å². The Balaban J connectivity index is 2.53. The van der Waals surface area contributed by atoms with Crippen LogP contribution in [0.3, 0.4) is 0 Å². The summed E-state index contributed by atoms with van der Waals surface area (Å²) >= 11 is 0. The summed E-state index contributed by atoms with van der Waals surface area (Å²) < 4.78 is 23.1. The molecule has 0 spiro atoms. The van der Waals surface area contributed by atoms with Crippen LogP contribution in [0.1, 0.15) is 12.5 Å². The molecule has 0 heterocycles. The molecule has 0 N–H and O–H groups in total. The molecule has 0 aliphatic heterocycles.